The summed E-state index contributed by atoms with van der Waals surface area (Å²) in [5, 5.41) is 0. The van der Waals surface area contributed by atoms with Crippen molar-refractivity contribution in [2.75, 3.05) is 7.11 Å². The fraction of sp³-hybridized carbons (Fsp3) is 0.467. The van der Waals surface area contributed by atoms with E-state index < -0.39 is 0 Å². The van der Waals surface area contributed by atoms with Crippen molar-refractivity contribution in [1.82, 2.24) is 0 Å². The molecule has 0 saturated heterocycles. The minimum Gasteiger partial charge on any atom is -0.465 e. The average molecular weight is 260 g/mol. The van der Waals surface area contributed by atoms with Crippen molar-refractivity contribution in [3.05, 3.63) is 33.4 Å². The molecule has 1 heterocycles. The van der Waals surface area contributed by atoms with Gasteiger partial charge in [-0.1, -0.05) is 0 Å². The standard InChI is InChI=1S/C15H16O4/c1-8-11-7-19-15(17)13(11)10-6-4-3-5-9(10)12(8)14(16)18-2/h3-7H2,1-2H3. The Morgan fingerprint density at radius 3 is 2.53 bits per heavy atom. The summed E-state index contributed by atoms with van der Waals surface area (Å²) in [5.41, 5.74) is 5.07. The van der Waals surface area contributed by atoms with E-state index in [9.17, 15) is 9.59 Å². The Bertz CT molecular complexity index is 587. The van der Waals surface area contributed by atoms with E-state index in [1.54, 1.807) is 0 Å². The van der Waals surface area contributed by atoms with E-state index in [4.69, 9.17) is 9.47 Å². The number of hydrogen-bond donors (Lipinski definition) is 0. The highest BCUT2D eigenvalue weighted by Crippen LogP contribution is 2.37. The van der Waals surface area contributed by atoms with Gasteiger partial charge >= 0.3 is 11.9 Å². The van der Waals surface area contributed by atoms with Crippen molar-refractivity contribution in [3.63, 3.8) is 0 Å². The second-order valence-corrected chi connectivity index (χ2v) is 5.09. The SMILES string of the molecule is COC(=O)c1c(C)c2c(c3c1CCCC3)C(=O)OC2. The molecule has 1 aromatic rings. The molecule has 0 unspecified atom stereocenters. The van der Waals surface area contributed by atoms with Gasteiger partial charge in [-0.05, 0) is 49.3 Å². The van der Waals surface area contributed by atoms with Gasteiger partial charge in [-0.15, -0.1) is 0 Å². The molecule has 1 aliphatic heterocycles. The summed E-state index contributed by atoms with van der Waals surface area (Å²) in [7, 11) is 1.39. The minimum atomic E-state index is -0.308. The molecule has 1 aliphatic carbocycles. The van der Waals surface area contributed by atoms with Crippen molar-refractivity contribution < 1.29 is 19.1 Å². The highest BCUT2D eigenvalue weighted by atomic mass is 16.5. The van der Waals surface area contributed by atoms with Gasteiger partial charge in [-0.3, -0.25) is 0 Å². The molecule has 0 spiro atoms. The second kappa shape index (κ2) is 4.37. The van der Waals surface area contributed by atoms with Crippen LogP contribution in [0.2, 0.25) is 0 Å². The Morgan fingerprint density at radius 2 is 1.84 bits per heavy atom. The first-order valence-electron chi connectivity index (χ1n) is 6.57. The molecule has 0 N–H and O–H groups in total. The summed E-state index contributed by atoms with van der Waals surface area (Å²) >= 11 is 0. The first-order chi connectivity index (χ1) is 9.15. The highest BCUT2D eigenvalue weighted by Gasteiger charge is 2.34. The number of carbonyl (C=O) groups excluding carboxylic acids is 2. The van der Waals surface area contributed by atoms with E-state index >= 15 is 0 Å². The Balaban J connectivity index is 2.33. The third kappa shape index (κ3) is 1.66. The molecular formula is C15H16O4. The maximum atomic E-state index is 12.0. The number of methoxy groups -OCH3 is 1. The second-order valence-electron chi connectivity index (χ2n) is 5.09. The van der Waals surface area contributed by atoms with Crippen LogP contribution in [0.1, 0.15) is 55.8 Å². The number of fused-ring (bicyclic) bond motifs is 3. The maximum absolute atomic E-state index is 12.0. The summed E-state index contributed by atoms with van der Waals surface area (Å²) in [6.07, 6.45) is 3.78. The highest BCUT2D eigenvalue weighted by molar-refractivity contribution is 6.01. The maximum Gasteiger partial charge on any atom is 0.339 e. The average Bonchev–Trinajstić information content (AvgIpc) is 2.81. The summed E-state index contributed by atoms with van der Waals surface area (Å²) in [6.45, 7) is 2.15. The molecule has 4 heteroatoms. The van der Waals surface area contributed by atoms with Gasteiger partial charge in [0, 0.05) is 5.56 Å². The van der Waals surface area contributed by atoms with Crippen LogP contribution in [0.4, 0.5) is 0 Å². The van der Waals surface area contributed by atoms with Crippen LogP contribution in [0, 0.1) is 6.92 Å². The molecule has 0 radical (unpaired) electrons. The molecule has 3 rings (SSSR count). The van der Waals surface area contributed by atoms with E-state index in [1.807, 2.05) is 6.92 Å². The Kier molecular flexibility index (Phi) is 2.81. The molecule has 0 aromatic heterocycles. The lowest BCUT2D eigenvalue weighted by atomic mass is 9.81. The van der Waals surface area contributed by atoms with Crippen molar-refractivity contribution in [1.29, 1.82) is 0 Å². The van der Waals surface area contributed by atoms with Crippen molar-refractivity contribution >= 4 is 11.9 Å². The van der Waals surface area contributed by atoms with Gasteiger partial charge in [0.05, 0.1) is 18.2 Å². The Hall–Kier alpha value is -1.84. The zero-order valence-electron chi connectivity index (χ0n) is 11.2. The third-order valence-corrected chi connectivity index (χ3v) is 4.14. The van der Waals surface area contributed by atoms with E-state index in [2.05, 4.69) is 0 Å². The lowest BCUT2D eigenvalue weighted by Crippen LogP contribution is -2.18. The normalized spacial score (nSPS) is 16.6. The smallest absolute Gasteiger partial charge is 0.339 e. The van der Waals surface area contributed by atoms with E-state index in [1.165, 1.54) is 7.11 Å². The molecule has 0 bridgehead atoms. The first-order valence-corrected chi connectivity index (χ1v) is 6.57. The van der Waals surface area contributed by atoms with Crippen molar-refractivity contribution in [2.24, 2.45) is 0 Å². The van der Waals surface area contributed by atoms with Crippen LogP contribution in [0.15, 0.2) is 0 Å². The summed E-state index contributed by atoms with van der Waals surface area (Å²) < 4.78 is 10.1. The number of esters is 2. The predicted octanol–water partition coefficient (Wildman–Crippen LogP) is 2.33. The van der Waals surface area contributed by atoms with E-state index in [0.717, 1.165) is 47.9 Å². The fourth-order valence-electron chi connectivity index (χ4n) is 3.22. The summed E-state index contributed by atoms with van der Waals surface area (Å²) in [5.74, 6) is -0.550. The quantitative estimate of drug-likeness (QED) is 0.727. The third-order valence-electron chi connectivity index (χ3n) is 4.14. The van der Waals surface area contributed by atoms with E-state index in [-0.39, 0.29) is 18.5 Å². The Morgan fingerprint density at radius 1 is 1.16 bits per heavy atom. The zero-order chi connectivity index (χ0) is 13.6. The monoisotopic (exact) mass is 260 g/mol. The largest absolute Gasteiger partial charge is 0.465 e. The van der Waals surface area contributed by atoms with Crippen LogP contribution in [0.5, 0.6) is 0 Å². The molecule has 19 heavy (non-hydrogen) atoms. The zero-order valence-corrected chi connectivity index (χ0v) is 11.2. The molecule has 0 atom stereocenters. The lowest BCUT2D eigenvalue weighted by molar-refractivity contribution is 0.0533. The molecular weight excluding hydrogens is 244 g/mol. The van der Waals surface area contributed by atoms with Crippen LogP contribution in [0.25, 0.3) is 0 Å². The van der Waals surface area contributed by atoms with Crippen LogP contribution < -0.4 is 0 Å². The van der Waals surface area contributed by atoms with Crippen LogP contribution in [-0.2, 0) is 28.9 Å². The first kappa shape index (κ1) is 12.2. The van der Waals surface area contributed by atoms with Crippen molar-refractivity contribution in [2.45, 2.75) is 39.2 Å². The topological polar surface area (TPSA) is 52.6 Å². The molecule has 100 valence electrons. The number of rotatable bonds is 1. The van der Waals surface area contributed by atoms with Gasteiger partial charge < -0.3 is 9.47 Å². The Labute approximate surface area is 111 Å². The minimum absolute atomic E-state index is 0.243. The molecule has 2 aliphatic rings. The van der Waals surface area contributed by atoms with Gasteiger partial charge in [-0.25, -0.2) is 9.59 Å². The number of hydrogen-bond acceptors (Lipinski definition) is 4. The number of carbonyl (C=O) groups is 2. The van der Waals surface area contributed by atoms with Gasteiger partial charge in [0.15, 0.2) is 0 Å². The molecule has 0 fully saturated rings. The van der Waals surface area contributed by atoms with Crippen molar-refractivity contribution in [3.8, 4) is 0 Å². The van der Waals surface area contributed by atoms with E-state index in [0.29, 0.717) is 11.1 Å². The van der Waals surface area contributed by atoms with Gasteiger partial charge in [0.2, 0.25) is 0 Å². The predicted molar refractivity (Wildman–Crippen MR) is 68.3 cm³/mol. The summed E-state index contributed by atoms with van der Waals surface area (Å²) in [4.78, 5) is 23.9. The number of ether oxygens (including phenoxy) is 2. The van der Waals surface area contributed by atoms with Crippen LogP contribution in [-0.4, -0.2) is 19.0 Å². The molecule has 0 saturated carbocycles. The molecule has 4 nitrogen and oxygen atoms in total. The fourth-order valence-corrected chi connectivity index (χ4v) is 3.22. The number of cyclic esters (lactones) is 1. The lowest BCUT2D eigenvalue weighted by Gasteiger charge is -2.22. The van der Waals surface area contributed by atoms with Crippen LogP contribution in [0.3, 0.4) is 0 Å². The molecule has 1 aromatic carbocycles. The van der Waals surface area contributed by atoms with Gasteiger partial charge in [0.1, 0.15) is 6.61 Å². The summed E-state index contributed by atoms with van der Waals surface area (Å²) in [6, 6.07) is 0. The van der Waals surface area contributed by atoms with Gasteiger partial charge in [0.25, 0.3) is 0 Å². The number of benzene rings is 1. The molecule has 0 amide bonds. The van der Waals surface area contributed by atoms with Crippen LogP contribution >= 0.6 is 0 Å². The van der Waals surface area contributed by atoms with Gasteiger partial charge in [-0.2, -0.15) is 0 Å².